The zero-order valence-corrected chi connectivity index (χ0v) is 23.1. The molecule has 10 heteroatoms. The maximum absolute atomic E-state index is 14.2. The average molecular weight is 544 g/mol. The van der Waals surface area contributed by atoms with Crippen molar-refractivity contribution in [2.24, 2.45) is 0 Å². The molecule has 0 saturated heterocycles. The highest BCUT2D eigenvalue weighted by atomic mass is 16.7. The highest BCUT2D eigenvalue weighted by Gasteiger charge is 2.36. The Labute approximate surface area is 232 Å². The summed E-state index contributed by atoms with van der Waals surface area (Å²) in [5.74, 6) is 1.09. The Hall–Kier alpha value is -4.60. The van der Waals surface area contributed by atoms with E-state index in [1.807, 2.05) is 64.1 Å². The van der Waals surface area contributed by atoms with Crippen LogP contribution in [0, 0.1) is 0 Å². The van der Waals surface area contributed by atoms with Gasteiger partial charge in [-0.3, -0.25) is 14.5 Å². The van der Waals surface area contributed by atoms with E-state index >= 15 is 0 Å². The van der Waals surface area contributed by atoms with Gasteiger partial charge in [-0.05, 0) is 69.2 Å². The molecule has 0 bridgehead atoms. The number of nitrogens with one attached hydrogen (secondary N) is 1. The standard InChI is InChI=1S/C30H33N5O5/c1-5-30(3,4)31-29(37)28(20-11-14-22(15-12-20)38-6-2)35(21-13-16-25-26(17-21)40-19-39-25)27(36)18-34-24-10-8-7-9-23(24)32-33-34/h7-17,28H,5-6,18-19H2,1-4H3,(H,31,37)/t28-/m1/s1. The first-order valence-electron chi connectivity index (χ1n) is 13.3. The Balaban J connectivity index is 1.61. The molecule has 40 heavy (non-hydrogen) atoms. The van der Waals surface area contributed by atoms with Crippen LogP contribution in [-0.4, -0.2) is 45.7 Å². The Morgan fingerprint density at radius 2 is 1.80 bits per heavy atom. The first-order valence-corrected chi connectivity index (χ1v) is 13.3. The topological polar surface area (TPSA) is 108 Å². The van der Waals surface area contributed by atoms with E-state index in [4.69, 9.17) is 14.2 Å². The minimum absolute atomic E-state index is 0.0885. The summed E-state index contributed by atoms with van der Waals surface area (Å²) in [6.45, 7) is 8.29. The second-order valence-electron chi connectivity index (χ2n) is 10.2. The van der Waals surface area contributed by atoms with Gasteiger partial charge >= 0.3 is 0 Å². The van der Waals surface area contributed by atoms with Crippen LogP contribution in [0.1, 0.15) is 45.7 Å². The van der Waals surface area contributed by atoms with Crippen LogP contribution in [0.2, 0.25) is 0 Å². The number of benzene rings is 3. The first kappa shape index (κ1) is 27.0. The molecule has 0 spiro atoms. The summed E-state index contributed by atoms with van der Waals surface area (Å²) < 4.78 is 18.3. The zero-order chi connectivity index (χ0) is 28.3. The van der Waals surface area contributed by atoms with Crippen molar-refractivity contribution in [1.82, 2.24) is 20.3 Å². The normalized spacial score (nSPS) is 13.2. The number of amides is 2. The molecule has 3 aromatic carbocycles. The summed E-state index contributed by atoms with van der Waals surface area (Å²) >= 11 is 0. The highest BCUT2D eigenvalue weighted by Crippen LogP contribution is 2.38. The van der Waals surface area contributed by atoms with Crippen molar-refractivity contribution in [1.29, 1.82) is 0 Å². The van der Waals surface area contributed by atoms with Gasteiger partial charge in [-0.2, -0.15) is 0 Å². The van der Waals surface area contributed by atoms with E-state index in [0.29, 0.717) is 47.0 Å². The molecule has 0 fully saturated rings. The summed E-state index contributed by atoms with van der Waals surface area (Å²) in [5, 5.41) is 11.5. The number of rotatable bonds is 10. The number of ether oxygens (including phenoxy) is 3. The Bertz CT molecular complexity index is 1510. The second kappa shape index (κ2) is 11.3. The summed E-state index contributed by atoms with van der Waals surface area (Å²) in [5.41, 5.74) is 2.02. The molecule has 1 aliphatic heterocycles. The van der Waals surface area contributed by atoms with Crippen LogP contribution in [-0.2, 0) is 16.1 Å². The van der Waals surface area contributed by atoms with Crippen molar-refractivity contribution in [3.05, 3.63) is 72.3 Å². The van der Waals surface area contributed by atoms with E-state index in [-0.39, 0.29) is 25.2 Å². The quantitative estimate of drug-likeness (QED) is 0.311. The molecule has 1 atom stereocenters. The Kier molecular flexibility index (Phi) is 7.59. The molecule has 4 aromatic rings. The monoisotopic (exact) mass is 543 g/mol. The molecule has 208 valence electrons. The third-order valence-electron chi connectivity index (χ3n) is 6.97. The van der Waals surface area contributed by atoms with Crippen molar-refractivity contribution in [3.63, 3.8) is 0 Å². The molecule has 5 rings (SSSR count). The predicted octanol–water partition coefficient (Wildman–Crippen LogP) is 4.64. The van der Waals surface area contributed by atoms with E-state index in [9.17, 15) is 9.59 Å². The molecule has 10 nitrogen and oxygen atoms in total. The van der Waals surface area contributed by atoms with Crippen LogP contribution < -0.4 is 24.4 Å². The second-order valence-corrected chi connectivity index (χ2v) is 10.2. The van der Waals surface area contributed by atoms with Crippen molar-refractivity contribution in [3.8, 4) is 17.2 Å². The van der Waals surface area contributed by atoms with Crippen LogP contribution in [0.5, 0.6) is 17.2 Å². The van der Waals surface area contributed by atoms with Gasteiger partial charge in [0, 0.05) is 17.3 Å². The van der Waals surface area contributed by atoms with Crippen LogP contribution in [0.3, 0.4) is 0 Å². The number of para-hydroxylation sites is 1. The maximum atomic E-state index is 14.2. The molecule has 1 N–H and O–H groups in total. The molecule has 0 unspecified atom stereocenters. The highest BCUT2D eigenvalue weighted by molar-refractivity contribution is 6.02. The van der Waals surface area contributed by atoms with Crippen LogP contribution in [0.15, 0.2) is 66.7 Å². The summed E-state index contributed by atoms with van der Waals surface area (Å²) in [7, 11) is 0. The smallest absolute Gasteiger partial charge is 0.249 e. The predicted molar refractivity (Wildman–Crippen MR) is 150 cm³/mol. The number of anilines is 1. The fourth-order valence-electron chi connectivity index (χ4n) is 4.53. The van der Waals surface area contributed by atoms with Gasteiger partial charge in [0.25, 0.3) is 0 Å². The van der Waals surface area contributed by atoms with Crippen LogP contribution in [0.4, 0.5) is 5.69 Å². The number of fused-ring (bicyclic) bond motifs is 2. The lowest BCUT2D eigenvalue weighted by Crippen LogP contribution is -2.51. The molecule has 1 aromatic heterocycles. The zero-order valence-electron chi connectivity index (χ0n) is 23.1. The minimum atomic E-state index is -0.996. The summed E-state index contributed by atoms with van der Waals surface area (Å²) in [6, 6.07) is 18.9. The molecule has 0 radical (unpaired) electrons. The molecule has 0 aliphatic carbocycles. The summed E-state index contributed by atoms with van der Waals surface area (Å²) in [6.07, 6.45) is 0.706. The molecule has 0 saturated carbocycles. The number of aromatic nitrogens is 3. The molecule has 2 amide bonds. The van der Waals surface area contributed by atoms with Crippen molar-refractivity contribution < 1.29 is 23.8 Å². The lowest BCUT2D eigenvalue weighted by atomic mass is 9.98. The number of nitrogens with zero attached hydrogens (tertiary/aromatic N) is 4. The summed E-state index contributed by atoms with van der Waals surface area (Å²) in [4.78, 5) is 29.8. The number of hydrogen-bond donors (Lipinski definition) is 1. The fraction of sp³-hybridized carbons (Fsp3) is 0.333. The van der Waals surface area contributed by atoms with Crippen LogP contribution >= 0.6 is 0 Å². The van der Waals surface area contributed by atoms with E-state index in [1.54, 1.807) is 35.0 Å². The van der Waals surface area contributed by atoms with Crippen molar-refractivity contribution in [2.45, 2.75) is 52.2 Å². The lowest BCUT2D eigenvalue weighted by Gasteiger charge is -2.34. The van der Waals surface area contributed by atoms with Gasteiger partial charge in [-0.1, -0.05) is 36.4 Å². The third-order valence-corrected chi connectivity index (χ3v) is 6.97. The number of carbonyl (C=O) groups excluding carboxylic acids is 2. The van der Waals surface area contributed by atoms with E-state index in [2.05, 4.69) is 15.6 Å². The van der Waals surface area contributed by atoms with Gasteiger partial charge in [-0.15, -0.1) is 5.10 Å². The van der Waals surface area contributed by atoms with Crippen molar-refractivity contribution >= 4 is 28.5 Å². The number of carbonyl (C=O) groups is 2. The Morgan fingerprint density at radius 3 is 2.55 bits per heavy atom. The van der Waals surface area contributed by atoms with E-state index < -0.39 is 11.6 Å². The van der Waals surface area contributed by atoms with Crippen molar-refractivity contribution in [2.75, 3.05) is 18.3 Å². The third kappa shape index (κ3) is 5.56. The average Bonchev–Trinajstić information content (AvgIpc) is 3.59. The van der Waals surface area contributed by atoms with E-state index in [0.717, 1.165) is 5.52 Å². The maximum Gasteiger partial charge on any atom is 0.249 e. The SMILES string of the molecule is CCOc1ccc([C@H](C(=O)NC(C)(C)CC)N(C(=O)Cn2nnc3ccccc32)c2ccc3c(c2)OCO3)cc1. The number of hydrogen-bond acceptors (Lipinski definition) is 7. The lowest BCUT2D eigenvalue weighted by molar-refractivity contribution is -0.128. The van der Waals surface area contributed by atoms with Crippen LogP contribution in [0.25, 0.3) is 11.0 Å². The molecule has 2 heterocycles. The molecule has 1 aliphatic rings. The van der Waals surface area contributed by atoms with Gasteiger partial charge in [0.2, 0.25) is 18.6 Å². The Morgan fingerprint density at radius 1 is 1.05 bits per heavy atom. The molecular weight excluding hydrogens is 510 g/mol. The fourth-order valence-corrected chi connectivity index (χ4v) is 4.53. The van der Waals surface area contributed by atoms with Gasteiger partial charge in [0.15, 0.2) is 11.5 Å². The first-order chi connectivity index (χ1) is 19.3. The molecular formula is C30H33N5O5. The minimum Gasteiger partial charge on any atom is -0.494 e. The van der Waals surface area contributed by atoms with Gasteiger partial charge in [0.1, 0.15) is 23.9 Å². The van der Waals surface area contributed by atoms with Gasteiger partial charge < -0.3 is 19.5 Å². The van der Waals surface area contributed by atoms with E-state index in [1.165, 1.54) is 4.90 Å². The largest absolute Gasteiger partial charge is 0.494 e. The van der Waals surface area contributed by atoms with Gasteiger partial charge in [-0.25, -0.2) is 4.68 Å². The van der Waals surface area contributed by atoms with Gasteiger partial charge in [0.05, 0.1) is 12.1 Å².